The van der Waals surface area contributed by atoms with Crippen molar-refractivity contribution in [1.82, 2.24) is 15.5 Å². The SMILES string of the molecule is CN=C(NCc1cccc(NC(=O)CCN2CCOCC2)c1)NCc1ccco1. The summed E-state index contributed by atoms with van der Waals surface area (Å²) in [5.41, 5.74) is 1.85. The third-order valence-corrected chi connectivity index (χ3v) is 4.66. The fourth-order valence-electron chi connectivity index (χ4n) is 3.06. The minimum Gasteiger partial charge on any atom is -0.467 e. The van der Waals surface area contributed by atoms with Crippen LogP contribution in [0.2, 0.25) is 0 Å². The fraction of sp³-hybridized carbons (Fsp3) is 0.429. The molecule has 0 unspecified atom stereocenters. The predicted octanol–water partition coefficient (Wildman–Crippen LogP) is 1.81. The molecule has 1 aliphatic rings. The lowest BCUT2D eigenvalue weighted by atomic mass is 10.2. The molecular formula is C21H29N5O3. The van der Waals surface area contributed by atoms with Crippen molar-refractivity contribution < 1.29 is 13.9 Å². The number of aliphatic imine (C=N–C) groups is 1. The monoisotopic (exact) mass is 399 g/mol. The van der Waals surface area contributed by atoms with E-state index in [0.717, 1.165) is 49.9 Å². The molecule has 1 aromatic carbocycles. The minimum atomic E-state index is 0.0255. The lowest BCUT2D eigenvalue weighted by Crippen LogP contribution is -2.38. The summed E-state index contributed by atoms with van der Waals surface area (Å²) in [7, 11) is 1.72. The molecule has 8 nitrogen and oxygen atoms in total. The number of anilines is 1. The summed E-state index contributed by atoms with van der Waals surface area (Å²) in [4.78, 5) is 18.7. The van der Waals surface area contributed by atoms with Gasteiger partial charge in [-0.2, -0.15) is 0 Å². The smallest absolute Gasteiger partial charge is 0.225 e. The number of amides is 1. The van der Waals surface area contributed by atoms with Crippen LogP contribution in [0.4, 0.5) is 5.69 Å². The van der Waals surface area contributed by atoms with Gasteiger partial charge in [-0.05, 0) is 29.8 Å². The molecule has 1 fully saturated rings. The lowest BCUT2D eigenvalue weighted by Gasteiger charge is -2.26. The molecule has 0 spiro atoms. The molecule has 2 heterocycles. The molecular weight excluding hydrogens is 370 g/mol. The van der Waals surface area contributed by atoms with Gasteiger partial charge in [0.15, 0.2) is 5.96 Å². The summed E-state index contributed by atoms with van der Waals surface area (Å²) >= 11 is 0. The number of nitrogens with one attached hydrogen (secondary N) is 3. The number of hydrogen-bond donors (Lipinski definition) is 3. The van der Waals surface area contributed by atoms with E-state index in [1.54, 1.807) is 13.3 Å². The molecule has 0 aliphatic carbocycles. The molecule has 0 radical (unpaired) electrons. The van der Waals surface area contributed by atoms with Crippen molar-refractivity contribution in [1.29, 1.82) is 0 Å². The van der Waals surface area contributed by atoms with Crippen molar-refractivity contribution in [2.45, 2.75) is 19.5 Å². The molecule has 2 aromatic rings. The van der Waals surface area contributed by atoms with Gasteiger partial charge in [-0.25, -0.2) is 0 Å². The molecule has 156 valence electrons. The Labute approximate surface area is 171 Å². The van der Waals surface area contributed by atoms with Gasteiger partial charge in [0, 0.05) is 45.3 Å². The maximum absolute atomic E-state index is 12.3. The lowest BCUT2D eigenvalue weighted by molar-refractivity contribution is -0.116. The predicted molar refractivity (Wildman–Crippen MR) is 113 cm³/mol. The van der Waals surface area contributed by atoms with Gasteiger partial charge in [0.1, 0.15) is 5.76 Å². The van der Waals surface area contributed by atoms with Crippen molar-refractivity contribution in [3.05, 3.63) is 54.0 Å². The van der Waals surface area contributed by atoms with Gasteiger partial charge in [0.2, 0.25) is 5.91 Å². The van der Waals surface area contributed by atoms with Crippen LogP contribution >= 0.6 is 0 Å². The average molecular weight is 399 g/mol. The van der Waals surface area contributed by atoms with E-state index in [9.17, 15) is 4.79 Å². The van der Waals surface area contributed by atoms with Crippen molar-refractivity contribution in [3.63, 3.8) is 0 Å². The highest BCUT2D eigenvalue weighted by atomic mass is 16.5. The number of morpholine rings is 1. The quantitative estimate of drug-likeness (QED) is 0.463. The number of guanidine groups is 1. The van der Waals surface area contributed by atoms with Crippen LogP contribution in [0.15, 0.2) is 52.1 Å². The second-order valence-electron chi connectivity index (χ2n) is 6.81. The van der Waals surface area contributed by atoms with Gasteiger partial charge in [-0.15, -0.1) is 0 Å². The number of furan rings is 1. The zero-order valence-corrected chi connectivity index (χ0v) is 16.8. The van der Waals surface area contributed by atoms with E-state index in [2.05, 4.69) is 25.8 Å². The van der Waals surface area contributed by atoms with E-state index in [0.29, 0.717) is 25.5 Å². The molecule has 29 heavy (non-hydrogen) atoms. The third-order valence-electron chi connectivity index (χ3n) is 4.66. The van der Waals surface area contributed by atoms with E-state index < -0.39 is 0 Å². The molecule has 0 saturated carbocycles. The van der Waals surface area contributed by atoms with Gasteiger partial charge in [0.05, 0.1) is 26.0 Å². The zero-order valence-electron chi connectivity index (χ0n) is 16.8. The Balaban J connectivity index is 1.42. The van der Waals surface area contributed by atoms with E-state index in [1.165, 1.54) is 0 Å². The number of rotatable bonds is 8. The molecule has 3 rings (SSSR count). The van der Waals surface area contributed by atoms with Gasteiger partial charge in [-0.3, -0.25) is 14.7 Å². The molecule has 8 heteroatoms. The Morgan fingerprint density at radius 1 is 1.14 bits per heavy atom. The minimum absolute atomic E-state index is 0.0255. The summed E-state index contributed by atoms with van der Waals surface area (Å²) in [6.07, 6.45) is 2.12. The summed E-state index contributed by atoms with van der Waals surface area (Å²) in [6.45, 7) is 5.19. The summed E-state index contributed by atoms with van der Waals surface area (Å²) < 4.78 is 10.6. The van der Waals surface area contributed by atoms with Crippen LogP contribution in [0.5, 0.6) is 0 Å². The summed E-state index contributed by atoms with van der Waals surface area (Å²) in [5.74, 6) is 1.55. The zero-order chi connectivity index (χ0) is 20.3. The van der Waals surface area contributed by atoms with E-state index >= 15 is 0 Å². The van der Waals surface area contributed by atoms with Gasteiger partial charge in [0.25, 0.3) is 0 Å². The highest BCUT2D eigenvalue weighted by molar-refractivity contribution is 5.90. The maximum Gasteiger partial charge on any atom is 0.225 e. The molecule has 0 bridgehead atoms. The Bertz CT molecular complexity index is 785. The molecule has 1 amide bonds. The van der Waals surface area contributed by atoms with Crippen LogP contribution in [0.1, 0.15) is 17.7 Å². The summed E-state index contributed by atoms with van der Waals surface area (Å²) in [6, 6.07) is 11.6. The van der Waals surface area contributed by atoms with Crippen molar-refractivity contribution in [2.75, 3.05) is 45.2 Å². The van der Waals surface area contributed by atoms with Crippen molar-refractivity contribution in [3.8, 4) is 0 Å². The number of nitrogens with zero attached hydrogens (tertiary/aromatic N) is 2. The molecule has 3 N–H and O–H groups in total. The third kappa shape index (κ3) is 7.24. The Kier molecular flexibility index (Phi) is 8.09. The molecule has 1 aliphatic heterocycles. The normalized spacial score (nSPS) is 15.1. The van der Waals surface area contributed by atoms with E-state index in [1.807, 2.05) is 36.4 Å². The molecule has 1 aromatic heterocycles. The average Bonchev–Trinajstić information content (AvgIpc) is 3.27. The van der Waals surface area contributed by atoms with Crippen LogP contribution in [0.25, 0.3) is 0 Å². The fourth-order valence-corrected chi connectivity index (χ4v) is 3.06. The van der Waals surface area contributed by atoms with E-state index in [-0.39, 0.29) is 5.91 Å². The van der Waals surface area contributed by atoms with Crippen molar-refractivity contribution >= 4 is 17.6 Å². The van der Waals surface area contributed by atoms with Crippen molar-refractivity contribution in [2.24, 2.45) is 4.99 Å². The Morgan fingerprint density at radius 3 is 2.72 bits per heavy atom. The first-order valence-electron chi connectivity index (χ1n) is 9.89. The Morgan fingerprint density at radius 2 is 1.97 bits per heavy atom. The second kappa shape index (κ2) is 11.2. The Hall–Kier alpha value is -2.84. The first-order valence-corrected chi connectivity index (χ1v) is 9.89. The van der Waals surface area contributed by atoms with Crippen LogP contribution in [-0.2, 0) is 22.6 Å². The molecule has 0 atom stereocenters. The second-order valence-corrected chi connectivity index (χ2v) is 6.81. The maximum atomic E-state index is 12.3. The summed E-state index contributed by atoms with van der Waals surface area (Å²) in [5, 5.41) is 9.45. The van der Waals surface area contributed by atoms with Gasteiger partial charge >= 0.3 is 0 Å². The number of benzene rings is 1. The topological polar surface area (TPSA) is 91.1 Å². The highest BCUT2D eigenvalue weighted by Crippen LogP contribution is 2.11. The number of ether oxygens (including phenoxy) is 1. The van der Waals surface area contributed by atoms with Crippen LogP contribution < -0.4 is 16.0 Å². The first kappa shape index (κ1) is 20.9. The molecule has 1 saturated heterocycles. The first-order chi connectivity index (χ1) is 14.2. The highest BCUT2D eigenvalue weighted by Gasteiger charge is 2.12. The number of carbonyl (C=O) groups is 1. The number of carbonyl (C=O) groups excluding carboxylic acids is 1. The van der Waals surface area contributed by atoms with Crippen LogP contribution in [0, 0.1) is 0 Å². The van der Waals surface area contributed by atoms with Gasteiger partial charge < -0.3 is 25.1 Å². The van der Waals surface area contributed by atoms with Crippen LogP contribution in [0.3, 0.4) is 0 Å². The van der Waals surface area contributed by atoms with Crippen LogP contribution in [-0.4, -0.2) is 56.7 Å². The standard InChI is InChI=1S/C21H29N5O3/c1-22-21(24-16-19-6-3-11-29-19)23-15-17-4-2-5-18(14-17)25-20(27)7-8-26-9-12-28-13-10-26/h2-6,11,14H,7-10,12-13,15-16H2,1H3,(H,25,27)(H2,22,23,24). The van der Waals surface area contributed by atoms with E-state index in [4.69, 9.17) is 9.15 Å². The number of hydrogen-bond acceptors (Lipinski definition) is 5. The van der Waals surface area contributed by atoms with Gasteiger partial charge in [-0.1, -0.05) is 12.1 Å². The largest absolute Gasteiger partial charge is 0.467 e.